The highest BCUT2D eigenvalue weighted by atomic mass is 32.2. The van der Waals surface area contributed by atoms with Gasteiger partial charge in [0.2, 0.25) is 5.91 Å². The van der Waals surface area contributed by atoms with Gasteiger partial charge in [-0.2, -0.15) is 0 Å². The van der Waals surface area contributed by atoms with E-state index in [-0.39, 0.29) is 22.9 Å². The molecule has 0 fully saturated rings. The molecule has 8 heteroatoms. The standard InChI is InChI=1S/C24H21N3O4S/c28-23(26-13-5-8-17-6-1-2-12-22(17)26)16-32-21-11-4-9-19(15-21)25-24(29)18-7-3-10-20(14-18)27(30)31/h1-4,6-7,9-12,14-15H,5,8,13,16H2,(H,25,29). The van der Waals surface area contributed by atoms with Gasteiger partial charge in [0.15, 0.2) is 0 Å². The average Bonchev–Trinajstić information content (AvgIpc) is 2.82. The fourth-order valence-corrected chi connectivity index (χ4v) is 4.47. The van der Waals surface area contributed by atoms with E-state index >= 15 is 0 Å². The summed E-state index contributed by atoms with van der Waals surface area (Å²) in [5.74, 6) is -0.0959. The minimum absolute atomic E-state index is 0.0492. The number of fused-ring (bicyclic) bond motifs is 1. The number of hydrogen-bond acceptors (Lipinski definition) is 5. The fourth-order valence-electron chi connectivity index (χ4n) is 3.64. The smallest absolute Gasteiger partial charge is 0.270 e. The van der Waals surface area contributed by atoms with Crippen molar-refractivity contribution >= 4 is 40.6 Å². The first-order valence-corrected chi connectivity index (χ1v) is 11.2. The molecule has 0 radical (unpaired) electrons. The van der Waals surface area contributed by atoms with E-state index in [9.17, 15) is 19.7 Å². The van der Waals surface area contributed by atoms with Crippen LogP contribution in [0.2, 0.25) is 0 Å². The summed E-state index contributed by atoms with van der Waals surface area (Å²) in [6.45, 7) is 0.718. The molecule has 3 aromatic carbocycles. The third kappa shape index (κ3) is 4.97. The Hall–Kier alpha value is -3.65. The van der Waals surface area contributed by atoms with Gasteiger partial charge in [-0.15, -0.1) is 11.8 Å². The summed E-state index contributed by atoms with van der Waals surface area (Å²) in [5, 5.41) is 13.7. The highest BCUT2D eigenvalue weighted by Gasteiger charge is 2.22. The van der Waals surface area contributed by atoms with Gasteiger partial charge in [-0.05, 0) is 48.7 Å². The van der Waals surface area contributed by atoms with Crippen molar-refractivity contribution in [3.8, 4) is 0 Å². The molecule has 2 amide bonds. The largest absolute Gasteiger partial charge is 0.322 e. The molecule has 0 unspecified atom stereocenters. The van der Waals surface area contributed by atoms with Crippen molar-refractivity contribution in [3.05, 3.63) is 94.0 Å². The first kappa shape index (κ1) is 21.6. The Morgan fingerprint density at radius 3 is 2.69 bits per heavy atom. The molecule has 0 aliphatic carbocycles. The van der Waals surface area contributed by atoms with E-state index in [4.69, 9.17) is 0 Å². The van der Waals surface area contributed by atoms with Crippen molar-refractivity contribution in [2.45, 2.75) is 17.7 Å². The lowest BCUT2D eigenvalue weighted by Gasteiger charge is -2.29. The van der Waals surface area contributed by atoms with E-state index in [0.29, 0.717) is 5.69 Å². The second-order valence-corrected chi connectivity index (χ2v) is 8.40. The number of benzene rings is 3. The molecule has 1 heterocycles. The molecule has 1 aliphatic heterocycles. The molecule has 1 aliphatic rings. The average molecular weight is 448 g/mol. The van der Waals surface area contributed by atoms with Gasteiger partial charge in [0.1, 0.15) is 0 Å². The van der Waals surface area contributed by atoms with Crippen molar-refractivity contribution in [1.29, 1.82) is 0 Å². The molecule has 32 heavy (non-hydrogen) atoms. The predicted molar refractivity (Wildman–Crippen MR) is 125 cm³/mol. The van der Waals surface area contributed by atoms with Gasteiger partial charge < -0.3 is 10.2 Å². The van der Waals surface area contributed by atoms with Gasteiger partial charge in [0, 0.05) is 40.5 Å². The number of aryl methyl sites for hydroxylation is 1. The number of carbonyl (C=O) groups excluding carboxylic acids is 2. The van der Waals surface area contributed by atoms with Crippen LogP contribution in [0.5, 0.6) is 0 Å². The zero-order valence-corrected chi connectivity index (χ0v) is 18.0. The Labute approximate surface area is 189 Å². The summed E-state index contributed by atoms with van der Waals surface area (Å²) >= 11 is 1.41. The van der Waals surface area contributed by atoms with Crippen LogP contribution in [0.3, 0.4) is 0 Å². The number of amides is 2. The zero-order valence-electron chi connectivity index (χ0n) is 17.2. The Bertz CT molecular complexity index is 1180. The highest BCUT2D eigenvalue weighted by Crippen LogP contribution is 2.29. The lowest BCUT2D eigenvalue weighted by Crippen LogP contribution is -2.36. The molecule has 0 saturated heterocycles. The normalized spacial score (nSPS) is 12.7. The van der Waals surface area contributed by atoms with E-state index in [1.807, 2.05) is 29.2 Å². The molecule has 0 aromatic heterocycles. The van der Waals surface area contributed by atoms with E-state index in [1.165, 1.54) is 41.6 Å². The molecule has 162 valence electrons. The summed E-state index contributed by atoms with van der Waals surface area (Å²) in [7, 11) is 0. The SMILES string of the molecule is O=C(Nc1cccc(SCC(=O)N2CCCc3ccccc32)c1)c1cccc([N+](=O)[O-])c1. The Kier molecular flexibility index (Phi) is 6.51. The molecule has 0 spiro atoms. The third-order valence-corrected chi connectivity index (χ3v) is 6.16. The highest BCUT2D eigenvalue weighted by molar-refractivity contribution is 8.00. The topological polar surface area (TPSA) is 92.6 Å². The zero-order chi connectivity index (χ0) is 22.5. The molecule has 0 bridgehead atoms. The van der Waals surface area contributed by atoms with Crippen LogP contribution in [-0.2, 0) is 11.2 Å². The van der Waals surface area contributed by atoms with Crippen LogP contribution in [0, 0.1) is 10.1 Å². The predicted octanol–water partition coefficient (Wildman–Crippen LogP) is 4.92. The van der Waals surface area contributed by atoms with Gasteiger partial charge >= 0.3 is 0 Å². The number of nitro benzene ring substituents is 1. The van der Waals surface area contributed by atoms with E-state index in [0.717, 1.165) is 30.0 Å². The fraction of sp³-hybridized carbons (Fsp3) is 0.167. The second kappa shape index (κ2) is 9.65. The van der Waals surface area contributed by atoms with E-state index in [1.54, 1.807) is 18.2 Å². The van der Waals surface area contributed by atoms with E-state index < -0.39 is 10.8 Å². The van der Waals surface area contributed by atoms with Gasteiger partial charge in [0.25, 0.3) is 11.6 Å². The summed E-state index contributed by atoms with van der Waals surface area (Å²) in [6.07, 6.45) is 1.94. The molecule has 3 aromatic rings. The second-order valence-electron chi connectivity index (χ2n) is 7.36. The number of nitrogens with zero attached hydrogens (tertiary/aromatic N) is 2. The van der Waals surface area contributed by atoms with Crippen LogP contribution >= 0.6 is 11.8 Å². The van der Waals surface area contributed by atoms with Gasteiger partial charge in [-0.3, -0.25) is 19.7 Å². The summed E-state index contributed by atoms with van der Waals surface area (Å²) in [5.41, 5.74) is 2.81. The Morgan fingerprint density at radius 1 is 1.03 bits per heavy atom. The number of carbonyl (C=O) groups is 2. The van der Waals surface area contributed by atoms with Gasteiger partial charge in [-0.1, -0.05) is 30.3 Å². The molecule has 1 N–H and O–H groups in total. The van der Waals surface area contributed by atoms with Gasteiger partial charge in [0.05, 0.1) is 10.7 Å². The molecular formula is C24H21N3O4S. The Morgan fingerprint density at radius 2 is 1.84 bits per heavy atom. The van der Waals surface area contributed by atoms with Crippen LogP contribution in [0.15, 0.2) is 77.7 Å². The Balaban J connectivity index is 1.39. The van der Waals surface area contributed by atoms with Crippen LogP contribution in [0.4, 0.5) is 17.1 Å². The molecule has 7 nitrogen and oxygen atoms in total. The van der Waals surface area contributed by atoms with Crippen molar-refractivity contribution < 1.29 is 14.5 Å². The number of non-ortho nitro benzene ring substituents is 1. The summed E-state index contributed by atoms with van der Waals surface area (Å²) < 4.78 is 0. The lowest BCUT2D eigenvalue weighted by molar-refractivity contribution is -0.384. The first-order valence-electron chi connectivity index (χ1n) is 10.2. The monoisotopic (exact) mass is 447 g/mol. The maximum atomic E-state index is 12.8. The summed E-state index contributed by atoms with van der Waals surface area (Å²) in [6, 6.07) is 20.8. The summed E-state index contributed by atoms with van der Waals surface area (Å²) in [4.78, 5) is 38.4. The maximum Gasteiger partial charge on any atom is 0.270 e. The number of rotatable bonds is 6. The minimum Gasteiger partial charge on any atom is -0.322 e. The third-order valence-electron chi connectivity index (χ3n) is 5.18. The van der Waals surface area contributed by atoms with Crippen molar-refractivity contribution in [2.24, 2.45) is 0 Å². The van der Waals surface area contributed by atoms with Crippen LogP contribution in [0.1, 0.15) is 22.3 Å². The number of hydrogen-bond donors (Lipinski definition) is 1. The van der Waals surface area contributed by atoms with Gasteiger partial charge in [-0.25, -0.2) is 0 Å². The van der Waals surface area contributed by atoms with Crippen LogP contribution in [0.25, 0.3) is 0 Å². The van der Waals surface area contributed by atoms with Crippen LogP contribution in [-0.4, -0.2) is 29.0 Å². The lowest BCUT2D eigenvalue weighted by atomic mass is 10.0. The number of anilines is 2. The molecule has 0 atom stereocenters. The number of para-hydroxylation sites is 1. The molecule has 4 rings (SSSR count). The maximum absolute atomic E-state index is 12.8. The molecular weight excluding hydrogens is 426 g/mol. The number of thioether (sulfide) groups is 1. The number of nitrogens with one attached hydrogen (secondary N) is 1. The minimum atomic E-state index is -0.536. The first-order chi connectivity index (χ1) is 15.5. The number of nitro groups is 1. The molecule has 0 saturated carbocycles. The quantitative estimate of drug-likeness (QED) is 0.329. The van der Waals surface area contributed by atoms with Crippen LogP contribution < -0.4 is 10.2 Å². The van der Waals surface area contributed by atoms with Crippen molar-refractivity contribution in [1.82, 2.24) is 0 Å². The van der Waals surface area contributed by atoms with Crippen molar-refractivity contribution in [2.75, 3.05) is 22.5 Å². The van der Waals surface area contributed by atoms with Crippen molar-refractivity contribution in [3.63, 3.8) is 0 Å². The van der Waals surface area contributed by atoms with E-state index in [2.05, 4.69) is 11.4 Å².